The van der Waals surface area contributed by atoms with Crippen molar-refractivity contribution >= 4 is 11.8 Å². The summed E-state index contributed by atoms with van der Waals surface area (Å²) in [5.74, 6) is 1.16. The monoisotopic (exact) mass is 406 g/mol. The fourth-order valence-corrected chi connectivity index (χ4v) is 3.50. The van der Waals surface area contributed by atoms with Gasteiger partial charge in [0.25, 0.3) is 5.91 Å². The molecule has 0 saturated carbocycles. The number of ether oxygens (including phenoxy) is 1. The van der Waals surface area contributed by atoms with Crippen LogP contribution in [0.1, 0.15) is 35.1 Å². The van der Waals surface area contributed by atoms with E-state index in [0.717, 1.165) is 24.2 Å². The van der Waals surface area contributed by atoms with Gasteiger partial charge >= 0.3 is 0 Å². The molecule has 30 heavy (non-hydrogen) atoms. The van der Waals surface area contributed by atoms with E-state index < -0.39 is 0 Å². The maximum atomic E-state index is 12.7. The Morgan fingerprint density at radius 2 is 1.93 bits per heavy atom. The molecule has 0 bridgehead atoms. The Hall–Kier alpha value is -3.68. The van der Waals surface area contributed by atoms with E-state index in [-0.39, 0.29) is 24.4 Å². The van der Waals surface area contributed by atoms with E-state index in [4.69, 9.17) is 9.26 Å². The summed E-state index contributed by atoms with van der Waals surface area (Å²) in [6.07, 6.45) is 1.58. The van der Waals surface area contributed by atoms with Crippen LogP contribution in [0, 0.1) is 0 Å². The normalized spacial score (nSPS) is 15.8. The van der Waals surface area contributed by atoms with Gasteiger partial charge in [0.1, 0.15) is 11.8 Å². The smallest absolute Gasteiger partial charge is 0.251 e. The SMILES string of the molecule is COc1ccc(-c2noc(C3CCCN3C(=O)CNC(=O)c3ccccc3)n2)cc1. The lowest BCUT2D eigenvalue weighted by Gasteiger charge is -2.22. The lowest BCUT2D eigenvalue weighted by atomic mass is 10.2. The third-order valence-electron chi connectivity index (χ3n) is 5.08. The van der Waals surface area contributed by atoms with Crippen LogP contribution in [-0.4, -0.2) is 47.1 Å². The minimum atomic E-state index is -0.286. The summed E-state index contributed by atoms with van der Waals surface area (Å²) in [6.45, 7) is 0.509. The van der Waals surface area contributed by atoms with Crippen molar-refractivity contribution in [3.63, 3.8) is 0 Å². The molecule has 3 aromatic rings. The third kappa shape index (κ3) is 4.17. The largest absolute Gasteiger partial charge is 0.497 e. The van der Waals surface area contributed by atoms with E-state index in [1.54, 1.807) is 36.3 Å². The predicted octanol–water partition coefficient (Wildman–Crippen LogP) is 2.84. The first-order valence-electron chi connectivity index (χ1n) is 9.76. The van der Waals surface area contributed by atoms with Gasteiger partial charge in [-0.2, -0.15) is 4.98 Å². The first-order chi connectivity index (χ1) is 14.7. The summed E-state index contributed by atoms with van der Waals surface area (Å²) in [7, 11) is 1.61. The highest BCUT2D eigenvalue weighted by Crippen LogP contribution is 2.32. The molecule has 2 aromatic carbocycles. The Balaban J connectivity index is 1.41. The second kappa shape index (κ2) is 8.77. The van der Waals surface area contributed by atoms with E-state index in [2.05, 4.69) is 15.5 Å². The Labute approximate surface area is 173 Å². The average molecular weight is 406 g/mol. The molecular formula is C22H22N4O4. The molecule has 4 rings (SSSR count). The van der Waals surface area contributed by atoms with Crippen LogP contribution in [0.4, 0.5) is 0 Å². The lowest BCUT2D eigenvalue weighted by Crippen LogP contribution is -2.39. The van der Waals surface area contributed by atoms with Crippen LogP contribution in [-0.2, 0) is 4.79 Å². The van der Waals surface area contributed by atoms with Crippen molar-refractivity contribution in [1.82, 2.24) is 20.4 Å². The van der Waals surface area contributed by atoms with Gasteiger partial charge in [0, 0.05) is 17.7 Å². The number of amides is 2. The van der Waals surface area contributed by atoms with Gasteiger partial charge in [-0.1, -0.05) is 23.4 Å². The van der Waals surface area contributed by atoms with Gasteiger partial charge in [-0.05, 0) is 49.2 Å². The number of nitrogens with zero attached hydrogens (tertiary/aromatic N) is 3. The number of benzene rings is 2. The molecule has 2 heterocycles. The van der Waals surface area contributed by atoms with E-state index in [0.29, 0.717) is 23.8 Å². The molecule has 1 N–H and O–H groups in total. The molecule has 1 fully saturated rings. The fourth-order valence-electron chi connectivity index (χ4n) is 3.50. The number of hydrogen-bond acceptors (Lipinski definition) is 6. The van der Waals surface area contributed by atoms with Crippen molar-refractivity contribution in [1.29, 1.82) is 0 Å². The number of nitrogens with one attached hydrogen (secondary N) is 1. The van der Waals surface area contributed by atoms with Crippen LogP contribution < -0.4 is 10.1 Å². The highest BCUT2D eigenvalue weighted by Gasteiger charge is 2.34. The van der Waals surface area contributed by atoms with Gasteiger partial charge in [0.2, 0.25) is 17.6 Å². The predicted molar refractivity (Wildman–Crippen MR) is 109 cm³/mol. The Bertz CT molecular complexity index is 1020. The summed E-state index contributed by atoms with van der Waals surface area (Å²) >= 11 is 0. The molecule has 0 spiro atoms. The summed E-state index contributed by atoms with van der Waals surface area (Å²) in [5.41, 5.74) is 1.32. The zero-order chi connectivity index (χ0) is 20.9. The van der Waals surface area contributed by atoms with Crippen molar-refractivity contribution in [3.05, 3.63) is 66.1 Å². The van der Waals surface area contributed by atoms with Crippen LogP contribution in [0.15, 0.2) is 59.1 Å². The molecule has 1 aromatic heterocycles. The molecule has 0 aliphatic carbocycles. The fraction of sp³-hybridized carbons (Fsp3) is 0.273. The average Bonchev–Trinajstić information content (AvgIpc) is 3.47. The second-order valence-electron chi connectivity index (χ2n) is 6.98. The summed E-state index contributed by atoms with van der Waals surface area (Å²) in [5, 5.41) is 6.74. The van der Waals surface area contributed by atoms with Gasteiger partial charge in [0.05, 0.1) is 13.7 Å². The maximum absolute atomic E-state index is 12.7. The second-order valence-corrected chi connectivity index (χ2v) is 6.98. The Morgan fingerprint density at radius 3 is 2.67 bits per heavy atom. The molecule has 1 aliphatic rings. The Kier molecular flexibility index (Phi) is 5.74. The number of rotatable bonds is 6. The van der Waals surface area contributed by atoms with E-state index >= 15 is 0 Å². The molecule has 2 amide bonds. The molecule has 154 valence electrons. The molecule has 1 aliphatic heterocycles. The van der Waals surface area contributed by atoms with E-state index in [1.165, 1.54) is 0 Å². The zero-order valence-corrected chi connectivity index (χ0v) is 16.6. The van der Waals surface area contributed by atoms with Crippen molar-refractivity contribution in [2.75, 3.05) is 20.2 Å². The van der Waals surface area contributed by atoms with Crippen molar-refractivity contribution in [3.8, 4) is 17.1 Å². The van der Waals surface area contributed by atoms with E-state index in [9.17, 15) is 9.59 Å². The number of carbonyl (C=O) groups excluding carboxylic acids is 2. The highest BCUT2D eigenvalue weighted by molar-refractivity contribution is 5.96. The third-order valence-corrected chi connectivity index (χ3v) is 5.08. The molecular weight excluding hydrogens is 384 g/mol. The molecule has 8 nitrogen and oxygen atoms in total. The Morgan fingerprint density at radius 1 is 1.17 bits per heavy atom. The quantitative estimate of drug-likeness (QED) is 0.676. The summed E-state index contributed by atoms with van der Waals surface area (Å²) in [6, 6.07) is 15.9. The van der Waals surface area contributed by atoms with Gasteiger partial charge in [-0.25, -0.2) is 0 Å². The molecule has 0 radical (unpaired) electrons. The molecule has 1 unspecified atom stereocenters. The molecule has 1 saturated heterocycles. The summed E-state index contributed by atoms with van der Waals surface area (Å²) in [4.78, 5) is 31.1. The number of likely N-dealkylation sites (tertiary alicyclic amines) is 1. The molecule has 1 atom stereocenters. The van der Waals surface area contributed by atoms with Crippen molar-refractivity contribution < 1.29 is 18.8 Å². The summed E-state index contributed by atoms with van der Waals surface area (Å²) < 4.78 is 10.6. The molecule has 8 heteroatoms. The minimum absolute atomic E-state index is 0.0797. The van der Waals surface area contributed by atoms with Gasteiger partial charge < -0.3 is 19.5 Å². The lowest BCUT2D eigenvalue weighted by molar-refractivity contribution is -0.131. The van der Waals surface area contributed by atoms with Crippen LogP contribution in [0.3, 0.4) is 0 Å². The van der Waals surface area contributed by atoms with Crippen molar-refractivity contribution in [2.24, 2.45) is 0 Å². The first kappa shape index (κ1) is 19.6. The first-order valence-corrected chi connectivity index (χ1v) is 9.76. The van der Waals surface area contributed by atoms with Gasteiger partial charge in [-0.3, -0.25) is 9.59 Å². The standard InChI is InChI=1S/C22H22N4O4/c1-29-17-11-9-15(10-12-17)20-24-22(30-25-20)18-8-5-13-26(18)19(27)14-23-21(28)16-6-3-2-4-7-16/h2-4,6-7,9-12,18H,5,8,13-14H2,1H3,(H,23,28). The van der Waals surface area contributed by atoms with Crippen LogP contribution >= 0.6 is 0 Å². The number of hydrogen-bond donors (Lipinski definition) is 1. The number of carbonyl (C=O) groups is 2. The van der Waals surface area contributed by atoms with Crippen LogP contribution in [0.25, 0.3) is 11.4 Å². The minimum Gasteiger partial charge on any atom is -0.497 e. The van der Waals surface area contributed by atoms with Gasteiger partial charge in [-0.15, -0.1) is 0 Å². The number of aromatic nitrogens is 2. The maximum Gasteiger partial charge on any atom is 0.251 e. The van der Waals surface area contributed by atoms with Crippen LogP contribution in [0.5, 0.6) is 5.75 Å². The van der Waals surface area contributed by atoms with Crippen molar-refractivity contribution in [2.45, 2.75) is 18.9 Å². The zero-order valence-electron chi connectivity index (χ0n) is 16.6. The number of methoxy groups -OCH3 is 1. The van der Waals surface area contributed by atoms with E-state index in [1.807, 2.05) is 30.3 Å². The van der Waals surface area contributed by atoms with Gasteiger partial charge in [0.15, 0.2) is 0 Å². The van der Waals surface area contributed by atoms with Crippen LogP contribution in [0.2, 0.25) is 0 Å². The topological polar surface area (TPSA) is 97.6 Å². The highest BCUT2D eigenvalue weighted by atomic mass is 16.5.